The monoisotopic (exact) mass is 430 g/mol. The quantitative estimate of drug-likeness (QED) is 0.327. The van der Waals surface area contributed by atoms with Gasteiger partial charge in [-0.15, -0.1) is 0 Å². The highest BCUT2D eigenvalue weighted by atomic mass is 19.1. The second kappa shape index (κ2) is 9.38. The third-order valence-corrected chi connectivity index (χ3v) is 4.89. The number of para-hydroxylation sites is 1. The summed E-state index contributed by atoms with van der Waals surface area (Å²) < 4.78 is 14.1. The number of aromatic amines is 1. The number of benzene rings is 2. The van der Waals surface area contributed by atoms with E-state index in [9.17, 15) is 9.18 Å². The number of aryl methyl sites for hydroxylation is 2. The molecule has 3 N–H and O–H groups in total. The SMILES string of the molecule is Cc1cc(C)nc(NC(=NCCc2c[nH]c3ccccc23)NC(=O)c2ccccc2F)n1. The van der Waals surface area contributed by atoms with Crippen LogP contribution in [0.3, 0.4) is 0 Å². The van der Waals surface area contributed by atoms with Crippen LogP contribution in [0.25, 0.3) is 10.9 Å². The van der Waals surface area contributed by atoms with E-state index in [1.54, 1.807) is 6.07 Å². The molecule has 0 saturated heterocycles. The van der Waals surface area contributed by atoms with Crippen LogP contribution in [0, 0.1) is 19.7 Å². The molecule has 0 aliphatic carbocycles. The van der Waals surface area contributed by atoms with E-state index < -0.39 is 11.7 Å². The lowest BCUT2D eigenvalue weighted by Crippen LogP contribution is -2.37. The van der Waals surface area contributed by atoms with Gasteiger partial charge in [-0.3, -0.25) is 20.4 Å². The summed E-state index contributed by atoms with van der Waals surface area (Å²) in [5.41, 5.74) is 3.66. The standard InChI is InChI=1S/C24H23FN6O/c1-15-13-16(2)29-24(28-15)31-23(30-22(32)19-8-3-5-9-20(19)25)26-12-11-17-14-27-21-10-6-4-7-18(17)21/h3-10,13-14,27H,11-12H2,1-2H3,(H2,26,28,29,30,31,32). The van der Waals surface area contributed by atoms with Crippen LogP contribution in [0.2, 0.25) is 0 Å². The maximum Gasteiger partial charge on any atom is 0.260 e. The molecule has 32 heavy (non-hydrogen) atoms. The van der Waals surface area contributed by atoms with Gasteiger partial charge < -0.3 is 4.98 Å². The largest absolute Gasteiger partial charge is 0.361 e. The molecule has 162 valence electrons. The van der Waals surface area contributed by atoms with Gasteiger partial charge in [-0.25, -0.2) is 14.4 Å². The van der Waals surface area contributed by atoms with Crippen molar-refractivity contribution in [3.05, 3.63) is 89.1 Å². The Morgan fingerprint density at radius 1 is 1.06 bits per heavy atom. The fourth-order valence-electron chi connectivity index (χ4n) is 3.44. The van der Waals surface area contributed by atoms with Gasteiger partial charge in [-0.05, 0) is 50.1 Å². The first kappa shape index (κ1) is 21.2. The molecule has 0 aliphatic heterocycles. The second-order valence-corrected chi connectivity index (χ2v) is 7.37. The summed E-state index contributed by atoms with van der Waals surface area (Å²) in [6, 6.07) is 15.7. The number of carbonyl (C=O) groups is 1. The van der Waals surface area contributed by atoms with Crippen molar-refractivity contribution in [2.24, 2.45) is 4.99 Å². The molecule has 2 aromatic heterocycles. The number of carbonyl (C=O) groups excluding carboxylic acids is 1. The number of nitrogens with one attached hydrogen (secondary N) is 3. The molecule has 0 atom stereocenters. The number of anilines is 1. The van der Waals surface area contributed by atoms with E-state index in [-0.39, 0.29) is 11.5 Å². The number of H-pyrrole nitrogens is 1. The molecular weight excluding hydrogens is 407 g/mol. The summed E-state index contributed by atoms with van der Waals surface area (Å²) in [6.07, 6.45) is 2.61. The summed E-state index contributed by atoms with van der Waals surface area (Å²) in [7, 11) is 0. The van der Waals surface area contributed by atoms with Crippen LogP contribution >= 0.6 is 0 Å². The highest BCUT2D eigenvalue weighted by molar-refractivity contribution is 6.09. The lowest BCUT2D eigenvalue weighted by Gasteiger charge is -2.12. The van der Waals surface area contributed by atoms with Crippen LogP contribution in [0.1, 0.15) is 27.3 Å². The van der Waals surface area contributed by atoms with Gasteiger partial charge in [0.25, 0.3) is 5.91 Å². The van der Waals surface area contributed by atoms with Gasteiger partial charge in [0.1, 0.15) is 5.82 Å². The maximum atomic E-state index is 14.1. The minimum Gasteiger partial charge on any atom is -0.361 e. The molecule has 0 unspecified atom stereocenters. The van der Waals surface area contributed by atoms with Gasteiger partial charge in [-0.1, -0.05) is 30.3 Å². The fourth-order valence-corrected chi connectivity index (χ4v) is 3.44. The van der Waals surface area contributed by atoms with Gasteiger partial charge in [0.15, 0.2) is 0 Å². The topological polar surface area (TPSA) is 95.1 Å². The zero-order chi connectivity index (χ0) is 22.5. The summed E-state index contributed by atoms with van der Waals surface area (Å²) in [6.45, 7) is 4.10. The van der Waals surface area contributed by atoms with E-state index >= 15 is 0 Å². The number of guanidine groups is 1. The molecule has 0 fully saturated rings. The van der Waals surface area contributed by atoms with Crippen molar-refractivity contribution >= 4 is 28.7 Å². The summed E-state index contributed by atoms with van der Waals surface area (Å²) in [5.74, 6) is -0.748. The van der Waals surface area contributed by atoms with E-state index in [0.29, 0.717) is 18.9 Å². The maximum absolute atomic E-state index is 14.1. The molecular formula is C24H23FN6O. The Morgan fingerprint density at radius 3 is 2.56 bits per heavy atom. The first-order valence-corrected chi connectivity index (χ1v) is 10.2. The molecule has 0 bridgehead atoms. The first-order valence-electron chi connectivity index (χ1n) is 10.2. The normalized spacial score (nSPS) is 11.5. The Labute approximate surface area is 184 Å². The lowest BCUT2D eigenvalue weighted by molar-refractivity contribution is 0.0973. The number of nitrogens with zero attached hydrogens (tertiary/aromatic N) is 3. The molecule has 8 heteroatoms. The van der Waals surface area contributed by atoms with Crippen molar-refractivity contribution in [1.29, 1.82) is 0 Å². The highest BCUT2D eigenvalue weighted by Crippen LogP contribution is 2.18. The predicted octanol–water partition coefficient (Wildman–Crippen LogP) is 4.15. The molecule has 0 saturated carbocycles. The molecule has 4 aromatic rings. The fraction of sp³-hybridized carbons (Fsp3) is 0.167. The third kappa shape index (κ3) is 4.97. The number of amides is 1. The molecule has 1 amide bonds. The Balaban J connectivity index is 1.55. The van der Waals surface area contributed by atoms with E-state index in [1.165, 1.54) is 18.2 Å². The zero-order valence-electron chi connectivity index (χ0n) is 17.8. The molecule has 0 spiro atoms. The van der Waals surface area contributed by atoms with Crippen molar-refractivity contribution in [3.63, 3.8) is 0 Å². The van der Waals surface area contributed by atoms with Crippen molar-refractivity contribution in [2.45, 2.75) is 20.3 Å². The number of aliphatic imine (C=N–C) groups is 1. The van der Waals surface area contributed by atoms with E-state index in [0.717, 1.165) is 27.9 Å². The highest BCUT2D eigenvalue weighted by Gasteiger charge is 2.14. The van der Waals surface area contributed by atoms with Gasteiger partial charge >= 0.3 is 0 Å². The number of fused-ring (bicyclic) bond motifs is 1. The Kier molecular flexibility index (Phi) is 6.21. The zero-order valence-corrected chi connectivity index (χ0v) is 17.8. The van der Waals surface area contributed by atoms with Gasteiger partial charge in [0.2, 0.25) is 11.9 Å². The van der Waals surface area contributed by atoms with Crippen LogP contribution in [0.15, 0.2) is 65.8 Å². The smallest absolute Gasteiger partial charge is 0.260 e. The molecule has 4 rings (SSSR count). The summed E-state index contributed by atoms with van der Waals surface area (Å²) in [4.78, 5) is 29.1. The van der Waals surface area contributed by atoms with Crippen molar-refractivity contribution in [1.82, 2.24) is 20.3 Å². The van der Waals surface area contributed by atoms with Crippen molar-refractivity contribution in [2.75, 3.05) is 11.9 Å². The number of rotatable bonds is 5. The van der Waals surface area contributed by atoms with Crippen molar-refractivity contribution in [3.8, 4) is 0 Å². The van der Waals surface area contributed by atoms with Gasteiger partial charge in [-0.2, -0.15) is 0 Å². The molecule has 0 radical (unpaired) electrons. The average Bonchev–Trinajstić information content (AvgIpc) is 3.16. The van der Waals surface area contributed by atoms with Gasteiger partial charge in [0.05, 0.1) is 5.56 Å². The van der Waals surface area contributed by atoms with Crippen molar-refractivity contribution < 1.29 is 9.18 Å². The number of aromatic nitrogens is 3. The Hall–Kier alpha value is -4.07. The molecule has 7 nitrogen and oxygen atoms in total. The van der Waals surface area contributed by atoms with Crippen LogP contribution in [-0.4, -0.2) is 33.4 Å². The van der Waals surface area contributed by atoms with Crippen LogP contribution in [0.5, 0.6) is 0 Å². The third-order valence-electron chi connectivity index (χ3n) is 4.89. The Morgan fingerprint density at radius 2 is 1.78 bits per heavy atom. The molecule has 0 aliphatic rings. The number of hydrogen-bond donors (Lipinski definition) is 3. The van der Waals surface area contributed by atoms with Crippen LogP contribution in [0.4, 0.5) is 10.3 Å². The summed E-state index contributed by atoms with van der Waals surface area (Å²) in [5, 5.41) is 6.74. The number of halogens is 1. The molecule has 2 heterocycles. The summed E-state index contributed by atoms with van der Waals surface area (Å²) >= 11 is 0. The van der Waals surface area contributed by atoms with E-state index in [4.69, 9.17) is 0 Å². The minimum absolute atomic E-state index is 0.0695. The van der Waals surface area contributed by atoms with Gasteiger partial charge in [0, 0.05) is 35.0 Å². The average molecular weight is 430 g/mol. The minimum atomic E-state index is -0.606. The number of hydrogen-bond acceptors (Lipinski definition) is 4. The van der Waals surface area contributed by atoms with Crippen LogP contribution in [-0.2, 0) is 6.42 Å². The first-order chi connectivity index (χ1) is 15.5. The second-order valence-electron chi connectivity index (χ2n) is 7.37. The predicted molar refractivity (Wildman–Crippen MR) is 123 cm³/mol. The van der Waals surface area contributed by atoms with E-state index in [1.807, 2.05) is 50.4 Å². The lowest BCUT2D eigenvalue weighted by atomic mass is 10.1. The molecule has 2 aromatic carbocycles. The Bertz CT molecular complexity index is 1280. The van der Waals surface area contributed by atoms with E-state index in [2.05, 4.69) is 30.6 Å². The van der Waals surface area contributed by atoms with Crippen LogP contribution < -0.4 is 10.6 Å².